The number of rotatable bonds is 5. The number of ether oxygens (including phenoxy) is 2. The van der Waals surface area contributed by atoms with Gasteiger partial charge in [-0.1, -0.05) is 0 Å². The van der Waals surface area contributed by atoms with Crippen molar-refractivity contribution >= 4 is 5.91 Å². The van der Waals surface area contributed by atoms with Crippen LogP contribution in [0.25, 0.3) is 0 Å². The summed E-state index contributed by atoms with van der Waals surface area (Å²) in [7, 11) is 0. The van der Waals surface area contributed by atoms with Crippen molar-refractivity contribution in [2.45, 2.75) is 19.3 Å². The van der Waals surface area contributed by atoms with Crippen LogP contribution in [0.4, 0.5) is 0 Å². The lowest BCUT2D eigenvalue weighted by Gasteiger charge is -2.30. The van der Waals surface area contributed by atoms with Crippen molar-refractivity contribution < 1.29 is 14.3 Å². The Morgan fingerprint density at radius 1 is 1.40 bits per heavy atom. The smallest absolute Gasteiger partial charge is 0.228 e. The van der Waals surface area contributed by atoms with Crippen molar-refractivity contribution in [3.05, 3.63) is 24.5 Å². The first-order chi connectivity index (χ1) is 12.3. The normalized spacial score (nSPS) is 30.7. The Morgan fingerprint density at radius 3 is 3.08 bits per heavy atom. The van der Waals surface area contributed by atoms with Gasteiger partial charge in [0.2, 0.25) is 5.91 Å². The van der Waals surface area contributed by atoms with Crippen molar-refractivity contribution in [2.75, 3.05) is 46.0 Å². The highest BCUT2D eigenvalue weighted by Crippen LogP contribution is 2.42. The van der Waals surface area contributed by atoms with Crippen LogP contribution < -0.4 is 10.1 Å². The minimum Gasteiger partial charge on any atom is -0.492 e. The highest BCUT2D eigenvalue weighted by Gasteiger charge is 2.54. The maximum absolute atomic E-state index is 12.6. The fourth-order valence-corrected chi connectivity index (χ4v) is 4.50. The maximum atomic E-state index is 12.6. The molecule has 0 saturated carbocycles. The highest BCUT2D eigenvalue weighted by atomic mass is 16.5. The van der Waals surface area contributed by atoms with E-state index in [2.05, 4.69) is 15.2 Å². The predicted molar refractivity (Wildman–Crippen MR) is 93.3 cm³/mol. The van der Waals surface area contributed by atoms with Gasteiger partial charge in [-0.3, -0.25) is 9.78 Å². The molecule has 4 heterocycles. The van der Waals surface area contributed by atoms with E-state index in [-0.39, 0.29) is 17.2 Å². The van der Waals surface area contributed by atoms with Crippen LogP contribution in [0.3, 0.4) is 0 Å². The van der Waals surface area contributed by atoms with E-state index in [1.165, 1.54) is 0 Å². The molecule has 3 saturated heterocycles. The lowest BCUT2D eigenvalue weighted by molar-refractivity contribution is -0.128. The molecule has 1 amide bonds. The van der Waals surface area contributed by atoms with Crippen molar-refractivity contribution in [3.8, 4) is 5.75 Å². The second kappa shape index (κ2) is 7.30. The third kappa shape index (κ3) is 3.51. The molecule has 4 rings (SSSR count). The van der Waals surface area contributed by atoms with Crippen LogP contribution in [-0.2, 0) is 9.53 Å². The van der Waals surface area contributed by atoms with Crippen LogP contribution >= 0.6 is 0 Å². The third-order valence-corrected chi connectivity index (χ3v) is 6.07. The average Bonchev–Trinajstić information content (AvgIpc) is 3.20. The Bertz CT molecular complexity index is 591. The van der Waals surface area contributed by atoms with Crippen LogP contribution in [0.2, 0.25) is 0 Å². The number of hydrogen-bond donors (Lipinski definition) is 1. The molecule has 6 heteroatoms. The summed E-state index contributed by atoms with van der Waals surface area (Å²) < 4.78 is 11.4. The van der Waals surface area contributed by atoms with E-state index >= 15 is 0 Å². The van der Waals surface area contributed by atoms with Gasteiger partial charge in [0.1, 0.15) is 5.75 Å². The molecule has 0 radical (unpaired) electrons. The number of hydrogen-bond acceptors (Lipinski definition) is 5. The van der Waals surface area contributed by atoms with Crippen LogP contribution in [-0.4, -0.2) is 61.8 Å². The minimum atomic E-state index is -0.284. The van der Waals surface area contributed by atoms with E-state index in [9.17, 15) is 4.79 Å². The summed E-state index contributed by atoms with van der Waals surface area (Å²) in [5.41, 5.74) is -0.284. The second-order valence-corrected chi connectivity index (χ2v) is 7.60. The summed E-state index contributed by atoms with van der Waals surface area (Å²) in [5, 5.41) is 3.08. The third-order valence-electron chi connectivity index (χ3n) is 6.07. The largest absolute Gasteiger partial charge is 0.492 e. The molecule has 0 bridgehead atoms. The van der Waals surface area contributed by atoms with Gasteiger partial charge in [0, 0.05) is 45.0 Å². The SMILES string of the molecule is O=C1NC[C@@H](COc2cccnc2)[C@]12CCN(CC1CCOCC1)C2. The Balaban J connectivity index is 1.37. The molecule has 0 unspecified atom stereocenters. The first-order valence-corrected chi connectivity index (χ1v) is 9.37. The Labute approximate surface area is 148 Å². The van der Waals surface area contributed by atoms with Gasteiger partial charge in [-0.15, -0.1) is 0 Å². The van der Waals surface area contributed by atoms with Crippen LogP contribution in [0.5, 0.6) is 5.75 Å². The van der Waals surface area contributed by atoms with E-state index < -0.39 is 0 Å². The lowest BCUT2D eigenvalue weighted by Crippen LogP contribution is -2.41. The monoisotopic (exact) mass is 345 g/mol. The maximum Gasteiger partial charge on any atom is 0.228 e. The molecule has 3 aliphatic rings. The van der Waals surface area contributed by atoms with Gasteiger partial charge in [0.15, 0.2) is 0 Å². The molecule has 6 nitrogen and oxygen atoms in total. The molecule has 3 fully saturated rings. The number of pyridine rings is 1. The topological polar surface area (TPSA) is 63.7 Å². The molecule has 25 heavy (non-hydrogen) atoms. The lowest BCUT2D eigenvalue weighted by atomic mass is 9.77. The molecule has 1 N–H and O–H groups in total. The van der Waals surface area contributed by atoms with E-state index in [0.29, 0.717) is 19.1 Å². The predicted octanol–water partition coefficient (Wildman–Crippen LogP) is 1.33. The van der Waals surface area contributed by atoms with E-state index in [1.54, 1.807) is 12.4 Å². The van der Waals surface area contributed by atoms with Gasteiger partial charge in [-0.25, -0.2) is 0 Å². The van der Waals surface area contributed by atoms with Gasteiger partial charge in [-0.2, -0.15) is 0 Å². The van der Waals surface area contributed by atoms with E-state index in [1.807, 2.05) is 12.1 Å². The van der Waals surface area contributed by atoms with Crippen LogP contribution in [0, 0.1) is 17.3 Å². The van der Waals surface area contributed by atoms with E-state index in [4.69, 9.17) is 9.47 Å². The zero-order valence-corrected chi connectivity index (χ0v) is 14.7. The van der Waals surface area contributed by atoms with Crippen molar-refractivity contribution in [2.24, 2.45) is 17.3 Å². The van der Waals surface area contributed by atoms with Crippen molar-refractivity contribution in [1.82, 2.24) is 15.2 Å². The molecular weight excluding hydrogens is 318 g/mol. The zero-order valence-electron chi connectivity index (χ0n) is 14.7. The Morgan fingerprint density at radius 2 is 2.28 bits per heavy atom. The average molecular weight is 345 g/mol. The van der Waals surface area contributed by atoms with E-state index in [0.717, 1.165) is 57.9 Å². The summed E-state index contributed by atoms with van der Waals surface area (Å²) in [4.78, 5) is 19.2. The zero-order chi connectivity index (χ0) is 17.1. The number of carbonyl (C=O) groups excluding carboxylic acids is 1. The summed E-state index contributed by atoms with van der Waals surface area (Å²) in [6, 6.07) is 3.78. The minimum absolute atomic E-state index is 0.210. The van der Waals surface area contributed by atoms with Gasteiger partial charge in [-0.05, 0) is 43.9 Å². The number of carbonyl (C=O) groups is 1. The first-order valence-electron chi connectivity index (χ1n) is 9.37. The van der Waals surface area contributed by atoms with Gasteiger partial charge in [0.25, 0.3) is 0 Å². The summed E-state index contributed by atoms with van der Waals surface area (Å²) in [6.45, 7) is 6.00. The summed E-state index contributed by atoms with van der Waals surface area (Å²) in [6.07, 6.45) is 6.68. The van der Waals surface area contributed by atoms with Crippen LogP contribution in [0.15, 0.2) is 24.5 Å². The van der Waals surface area contributed by atoms with Crippen molar-refractivity contribution in [3.63, 3.8) is 0 Å². The molecule has 2 atom stereocenters. The standard InChI is InChI=1S/C19H27N3O3/c23-18-19(5-7-22(14-19)12-15-3-8-24-9-4-15)16(10-21-18)13-25-17-2-1-6-20-11-17/h1-2,6,11,15-16H,3-5,7-10,12-14H2,(H,21,23)/t16-,19+/m0/s1. The summed E-state index contributed by atoms with van der Waals surface area (Å²) >= 11 is 0. The second-order valence-electron chi connectivity index (χ2n) is 7.60. The molecule has 1 spiro atoms. The highest BCUT2D eigenvalue weighted by molar-refractivity contribution is 5.86. The number of nitrogens with zero attached hydrogens (tertiary/aromatic N) is 2. The fourth-order valence-electron chi connectivity index (χ4n) is 4.50. The molecule has 1 aromatic heterocycles. The summed E-state index contributed by atoms with van der Waals surface area (Å²) in [5.74, 6) is 1.91. The Hall–Kier alpha value is -1.66. The molecule has 0 aliphatic carbocycles. The molecular formula is C19H27N3O3. The molecule has 3 aliphatic heterocycles. The van der Waals surface area contributed by atoms with Crippen LogP contribution in [0.1, 0.15) is 19.3 Å². The fraction of sp³-hybridized carbons (Fsp3) is 0.684. The van der Waals surface area contributed by atoms with Gasteiger partial charge < -0.3 is 19.7 Å². The first kappa shape index (κ1) is 16.8. The molecule has 1 aromatic rings. The van der Waals surface area contributed by atoms with Gasteiger partial charge in [0.05, 0.1) is 18.2 Å². The van der Waals surface area contributed by atoms with Gasteiger partial charge >= 0.3 is 0 Å². The molecule has 0 aromatic carbocycles. The Kier molecular flexibility index (Phi) is 4.90. The quantitative estimate of drug-likeness (QED) is 0.872. The number of likely N-dealkylation sites (tertiary alicyclic amines) is 1. The van der Waals surface area contributed by atoms with Crippen molar-refractivity contribution in [1.29, 1.82) is 0 Å². The number of amides is 1. The molecule has 136 valence electrons. The number of nitrogens with one attached hydrogen (secondary N) is 1. The number of aromatic nitrogens is 1.